The maximum Gasteiger partial charge on any atom is 0.139 e. The van der Waals surface area contributed by atoms with Crippen molar-refractivity contribution >= 4 is 5.84 Å². The van der Waals surface area contributed by atoms with Crippen LogP contribution in [-0.4, -0.2) is 17.6 Å². The van der Waals surface area contributed by atoms with Crippen LogP contribution >= 0.6 is 0 Å². The van der Waals surface area contributed by atoms with Crippen molar-refractivity contribution in [2.75, 3.05) is 6.61 Å². The standard InChI is InChI=1S/C12H17FN2O2/c1-9-8-10(13)5-6-11(9)17-7-3-2-4-12(14)15-16/h5-6,8,16H,2-4,7H2,1H3,(H2,14,15). The van der Waals surface area contributed by atoms with E-state index in [-0.39, 0.29) is 11.7 Å². The van der Waals surface area contributed by atoms with E-state index >= 15 is 0 Å². The molecule has 1 aromatic carbocycles. The number of hydrogen-bond acceptors (Lipinski definition) is 3. The lowest BCUT2D eigenvalue weighted by atomic mass is 10.2. The molecule has 4 nitrogen and oxygen atoms in total. The predicted molar refractivity (Wildman–Crippen MR) is 63.9 cm³/mol. The van der Waals surface area contributed by atoms with E-state index in [0.29, 0.717) is 18.8 Å². The number of halogens is 1. The first kappa shape index (κ1) is 13.3. The molecule has 0 saturated carbocycles. The Balaban J connectivity index is 2.27. The normalized spacial score (nSPS) is 11.5. The van der Waals surface area contributed by atoms with Gasteiger partial charge in [0.15, 0.2) is 0 Å². The lowest BCUT2D eigenvalue weighted by Gasteiger charge is -2.08. The summed E-state index contributed by atoms with van der Waals surface area (Å²) in [6, 6.07) is 4.43. The molecule has 0 aromatic heterocycles. The highest BCUT2D eigenvalue weighted by Crippen LogP contribution is 2.18. The fourth-order valence-electron chi connectivity index (χ4n) is 1.42. The lowest BCUT2D eigenvalue weighted by Crippen LogP contribution is -2.11. The van der Waals surface area contributed by atoms with Crippen molar-refractivity contribution in [3.05, 3.63) is 29.6 Å². The average Bonchev–Trinajstić information content (AvgIpc) is 2.30. The molecule has 0 saturated heterocycles. The van der Waals surface area contributed by atoms with Gasteiger partial charge in [0.25, 0.3) is 0 Å². The van der Waals surface area contributed by atoms with E-state index in [4.69, 9.17) is 15.7 Å². The van der Waals surface area contributed by atoms with Crippen LogP contribution < -0.4 is 10.5 Å². The highest BCUT2D eigenvalue weighted by Gasteiger charge is 2.01. The third kappa shape index (κ3) is 4.72. The summed E-state index contributed by atoms with van der Waals surface area (Å²) in [7, 11) is 0. The molecule has 3 N–H and O–H groups in total. The minimum Gasteiger partial charge on any atom is -0.493 e. The molecular formula is C12H17FN2O2. The Morgan fingerprint density at radius 2 is 2.24 bits per heavy atom. The summed E-state index contributed by atoms with van der Waals surface area (Å²) >= 11 is 0. The van der Waals surface area contributed by atoms with Gasteiger partial charge in [0, 0.05) is 6.42 Å². The van der Waals surface area contributed by atoms with E-state index < -0.39 is 0 Å². The molecule has 1 rings (SSSR count). The molecule has 0 fully saturated rings. The van der Waals surface area contributed by atoms with E-state index in [9.17, 15) is 4.39 Å². The van der Waals surface area contributed by atoms with Crippen molar-refractivity contribution in [1.82, 2.24) is 0 Å². The minimum atomic E-state index is -0.262. The summed E-state index contributed by atoms with van der Waals surface area (Å²) < 4.78 is 18.3. The van der Waals surface area contributed by atoms with Crippen LogP contribution in [-0.2, 0) is 0 Å². The van der Waals surface area contributed by atoms with Gasteiger partial charge in [-0.05, 0) is 43.5 Å². The number of aryl methyl sites for hydroxylation is 1. The molecule has 0 heterocycles. The smallest absolute Gasteiger partial charge is 0.139 e. The second-order valence-corrected chi connectivity index (χ2v) is 3.81. The van der Waals surface area contributed by atoms with Gasteiger partial charge in [0.2, 0.25) is 0 Å². The van der Waals surface area contributed by atoms with Gasteiger partial charge < -0.3 is 15.7 Å². The summed E-state index contributed by atoms with van der Waals surface area (Å²) in [4.78, 5) is 0. The van der Waals surface area contributed by atoms with Crippen LogP contribution in [0, 0.1) is 12.7 Å². The Hall–Kier alpha value is -1.78. The molecule has 0 aliphatic carbocycles. The summed E-state index contributed by atoms with van der Waals surface area (Å²) in [5, 5.41) is 11.2. The second-order valence-electron chi connectivity index (χ2n) is 3.81. The van der Waals surface area contributed by atoms with Crippen molar-refractivity contribution in [1.29, 1.82) is 0 Å². The van der Waals surface area contributed by atoms with Crippen molar-refractivity contribution in [2.45, 2.75) is 26.2 Å². The van der Waals surface area contributed by atoms with Gasteiger partial charge in [-0.2, -0.15) is 0 Å². The third-order valence-electron chi connectivity index (χ3n) is 2.35. The maximum absolute atomic E-state index is 12.8. The fraction of sp³-hybridized carbons (Fsp3) is 0.417. The monoisotopic (exact) mass is 240 g/mol. The van der Waals surface area contributed by atoms with E-state index in [1.807, 2.05) is 0 Å². The Bertz CT molecular complexity index is 394. The third-order valence-corrected chi connectivity index (χ3v) is 2.35. The van der Waals surface area contributed by atoms with Gasteiger partial charge in [0.05, 0.1) is 6.61 Å². The number of amidine groups is 1. The average molecular weight is 240 g/mol. The van der Waals surface area contributed by atoms with Crippen LogP contribution in [0.25, 0.3) is 0 Å². The number of benzene rings is 1. The van der Waals surface area contributed by atoms with E-state index in [0.717, 1.165) is 18.4 Å². The predicted octanol–water partition coefficient (Wildman–Crippen LogP) is 2.43. The van der Waals surface area contributed by atoms with Gasteiger partial charge in [-0.3, -0.25) is 0 Å². The van der Waals surface area contributed by atoms with Crippen LogP contribution in [0.3, 0.4) is 0 Å². The number of hydrogen-bond donors (Lipinski definition) is 2. The molecule has 94 valence electrons. The summed E-state index contributed by atoms with van der Waals surface area (Å²) in [5.74, 6) is 0.653. The highest BCUT2D eigenvalue weighted by atomic mass is 19.1. The number of unbranched alkanes of at least 4 members (excludes halogenated alkanes) is 1. The maximum atomic E-state index is 12.8. The largest absolute Gasteiger partial charge is 0.493 e. The zero-order valence-electron chi connectivity index (χ0n) is 9.82. The Morgan fingerprint density at radius 1 is 1.47 bits per heavy atom. The molecule has 0 amide bonds. The van der Waals surface area contributed by atoms with Crippen molar-refractivity contribution < 1.29 is 14.3 Å². The number of rotatable bonds is 6. The number of nitrogens with two attached hydrogens (primary N) is 1. The SMILES string of the molecule is Cc1cc(F)ccc1OCCCC/C(N)=N/O. The van der Waals surface area contributed by atoms with Crippen LogP contribution in [0.15, 0.2) is 23.4 Å². The Morgan fingerprint density at radius 3 is 2.88 bits per heavy atom. The molecule has 0 atom stereocenters. The lowest BCUT2D eigenvalue weighted by molar-refractivity contribution is 0.302. The van der Waals surface area contributed by atoms with Crippen LogP contribution in [0.2, 0.25) is 0 Å². The first-order chi connectivity index (χ1) is 8.13. The summed E-state index contributed by atoms with van der Waals surface area (Å²) in [6.45, 7) is 2.33. The van der Waals surface area contributed by atoms with E-state index in [2.05, 4.69) is 5.16 Å². The molecule has 0 aliphatic heterocycles. The molecule has 0 aliphatic rings. The molecule has 5 heteroatoms. The topological polar surface area (TPSA) is 67.8 Å². The molecule has 0 unspecified atom stereocenters. The molecule has 1 aromatic rings. The van der Waals surface area contributed by atoms with E-state index in [1.54, 1.807) is 13.0 Å². The van der Waals surface area contributed by atoms with Gasteiger partial charge in [-0.25, -0.2) is 4.39 Å². The first-order valence-electron chi connectivity index (χ1n) is 5.49. The zero-order valence-corrected chi connectivity index (χ0v) is 9.82. The Kier molecular flexibility index (Phi) is 5.26. The van der Waals surface area contributed by atoms with Gasteiger partial charge in [0.1, 0.15) is 17.4 Å². The number of ether oxygens (including phenoxy) is 1. The van der Waals surface area contributed by atoms with Crippen LogP contribution in [0.1, 0.15) is 24.8 Å². The van der Waals surface area contributed by atoms with Gasteiger partial charge >= 0.3 is 0 Å². The van der Waals surface area contributed by atoms with E-state index in [1.165, 1.54) is 12.1 Å². The first-order valence-corrected chi connectivity index (χ1v) is 5.49. The van der Waals surface area contributed by atoms with Gasteiger partial charge in [-0.15, -0.1) is 0 Å². The quantitative estimate of drug-likeness (QED) is 0.264. The minimum absolute atomic E-state index is 0.225. The van der Waals surface area contributed by atoms with Crippen LogP contribution in [0.4, 0.5) is 4.39 Å². The Labute approximate surface area is 99.9 Å². The second kappa shape index (κ2) is 6.73. The number of oxime groups is 1. The fourth-order valence-corrected chi connectivity index (χ4v) is 1.42. The van der Waals surface area contributed by atoms with Crippen LogP contribution in [0.5, 0.6) is 5.75 Å². The molecule has 17 heavy (non-hydrogen) atoms. The highest BCUT2D eigenvalue weighted by molar-refractivity contribution is 5.79. The molecule has 0 spiro atoms. The molecule has 0 radical (unpaired) electrons. The molecule has 0 bridgehead atoms. The summed E-state index contributed by atoms with van der Waals surface area (Å²) in [6.07, 6.45) is 2.13. The number of nitrogens with zero attached hydrogens (tertiary/aromatic N) is 1. The zero-order chi connectivity index (χ0) is 12.7. The van der Waals surface area contributed by atoms with Crippen molar-refractivity contribution in [3.63, 3.8) is 0 Å². The summed E-state index contributed by atoms with van der Waals surface area (Å²) in [5.41, 5.74) is 6.10. The molecular weight excluding hydrogens is 223 g/mol. The van der Waals surface area contributed by atoms with Crippen molar-refractivity contribution in [2.24, 2.45) is 10.9 Å². The van der Waals surface area contributed by atoms with Gasteiger partial charge in [-0.1, -0.05) is 5.16 Å². The van der Waals surface area contributed by atoms with Crippen molar-refractivity contribution in [3.8, 4) is 5.75 Å².